The number of hydrogen-bond acceptors (Lipinski definition) is 1. The van der Waals surface area contributed by atoms with Gasteiger partial charge in [-0.3, -0.25) is 0 Å². The number of allylic oxidation sites excluding steroid dienone is 4. The molecule has 19 heavy (non-hydrogen) atoms. The second-order valence-electron chi connectivity index (χ2n) is 5.33. The summed E-state index contributed by atoms with van der Waals surface area (Å²) < 4.78 is 0. The van der Waals surface area contributed by atoms with Crippen LogP contribution in [0.1, 0.15) is 31.9 Å². The average Bonchev–Trinajstić information content (AvgIpc) is 2.58. The van der Waals surface area contributed by atoms with Gasteiger partial charge in [0.15, 0.2) is 0 Å². The fourth-order valence-electron chi connectivity index (χ4n) is 2.65. The average molecular weight is 254 g/mol. The Morgan fingerprint density at radius 1 is 1.32 bits per heavy atom. The molecule has 0 unspecified atom stereocenters. The van der Waals surface area contributed by atoms with Crippen LogP contribution in [-0.2, 0) is 10.2 Å². The highest BCUT2D eigenvalue weighted by molar-refractivity contribution is 5.91. The molecule has 1 aliphatic carbocycles. The van der Waals surface area contributed by atoms with Crippen molar-refractivity contribution in [3.8, 4) is 0 Å². The number of carboxylic acids is 1. The van der Waals surface area contributed by atoms with Crippen molar-refractivity contribution in [3.63, 3.8) is 0 Å². The molecule has 1 aromatic carbocycles. The molecule has 0 amide bonds. The molecule has 1 aromatic rings. The highest BCUT2D eigenvalue weighted by atomic mass is 16.4. The number of hydrogen-bond donors (Lipinski definition) is 1. The molecular weight excluding hydrogens is 236 g/mol. The Bertz CT molecular complexity index is 616. The lowest BCUT2D eigenvalue weighted by Gasteiger charge is -2.23. The molecule has 0 aliphatic heterocycles. The second-order valence-corrected chi connectivity index (χ2v) is 5.33. The minimum absolute atomic E-state index is 0.198. The van der Waals surface area contributed by atoms with Crippen molar-refractivity contribution in [1.82, 2.24) is 0 Å². The Morgan fingerprint density at radius 3 is 2.53 bits per heavy atom. The maximum absolute atomic E-state index is 11.0. The summed E-state index contributed by atoms with van der Waals surface area (Å²) in [6.45, 7) is 9.72. The van der Waals surface area contributed by atoms with Crippen molar-refractivity contribution in [1.29, 1.82) is 0 Å². The number of carbonyl (C=O) groups is 1. The number of fused-ring (bicyclic) bond motifs is 1. The normalized spacial score (nSPS) is 17.3. The van der Waals surface area contributed by atoms with Crippen molar-refractivity contribution in [2.45, 2.75) is 26.2 Å². The minimum Gasteiger partial charge on any atom is -0.478 e. The van der Waals surface area contributed by atoms with E-state index >= 15 is 0 Å². The van der Waals surface area contributed by atoms with E-state index < -0.39 is 5.97 Å². The lowest BCUT2D eigenvalue weighted by molar-refractivity contribution is -0.132. The molecule has 0 heterocycles. The van der Waals surface area contributed by atoms with Crippen LogP contribution in [0.4, 0.5) is 0 Å². The number of carboxylic acid groups (broad SMARTS) is 1. The van der Waals surface area contributed by atoms with E-state index in [0.717, 1.165) is 16.7 Å². The zero-order chi connectivity index (χ0) is 14.2. The van der Waals surface area contributed by atoms with Crippen molar-refractivity contribution in [2.24, 2.45) is 0 Å². The Balaban J connectivity index is 2.69. The van der Waals surface area contributed by atoms with Gasteiger partial charge in [0, 0.05) is 11.0 Å². The van der Waals surface area contributed by atoms with Crippen molar-refractivity contribution in [3.05, 3.63) is 65.3 Å². The monoisotopic (exact) mass is 254 g/mol. The van der Waals surface area contributed by atoms with E-state index in [0.29, 0.717) is 5.57 Å². The van der Waals surface area contributed by atoms with Gasteiger partial charge in [-0.05, 0) is 35.3 Å². The summed E-state index contributed by atoms with van der Waals surface area (Å²) >= 11 is 0. The van der Waals surface area contributed by atoms with Crippen molar-refractivity contribution >= 4 is 11.5 Å². The van der Waals surface area contributed by atoms with Crippen molar-refractivity contribution < 1.29 is 9.90 Å². The van der Waals surface area contributed by atoms with Crippen LogP contribution in [0.25, 0.3) is 5.57 Å². The van der Waals surface area contributed by atoms with Gasteiger partial charge in [-0.25, -0.2) is 4.79 Å². The standard InChI is InChI=1S/C17H18O2/c1-5-12-13-8-6-7-9-14(13)17(3,4)15(12)10-11(2)16(18)19/h5-10H,1H2,2-4H3,(H,18,19)/b11-10+. The van der Waals surface area contributed by atoms with E-state index in [2.05, 4.69) is 32.6 Å². The van der Waals surface area contributed by atoms with Gasteiger partial charge in [-0.1, -0.05) is 50.8 Å². The summed E-state index contributed by atoms with van der Waals surface area (Å²) in [6.07, 6.45) is 3.58. The van der Waals surface area contributed by atoms with E-state index in [1.54, 1.807) is 13.0 Å². The lowest BCUT2D eigenvalue weighted by atomic mass is 9.80. The molecule has 0 bridgehead atoms. The van der Waals surface area contributed by atoms with E-state index in [1.807, 2.05) is 18.2 Å². The second kappa shape index (κ2) is 4.54. The molecule has 98 valence electrons. The van der Waals surface area contributed by atoms with Crippen LogP contribution < -0.4 is 0 Å². The van der Waals surface area contributed by atoms with Crippen LogP contribution in [0.5, 0.6) is 0 Å². The van der Waals surface area contributed by atoms with Crippen LogP contribution in [0, 0.1) is 0 Å². The van der Waals surface area contributed by atoms with Gasteiger partial charge in [0.05, 0.1) is 0 Å². The van der Waals surface area contributed by atoms with Crippen LogP contribution in [0.3, 0.4) is 0 Å². The maximum atomic E-state index is 11.0. The van der Waals surface area contributed by atoms with E-state index in [-0.39, 0.29) is 5.41 Å². The molecule has 0 aromatic heterocycles. The van der Waals surface area contributed by atoms with Gasteiger partial charge >= 0.3 is 5.97 Å². The molecule has 0 saturated heterocycles. The zero-order valence-electron chi connectivity index (χ0n) is 11.5. The first-order chi connectivity index (χ1) is 8.89. The molecule has 2 rings (SSSR count). The van der Waals surface area contributed by atoms with Crippen LogP contribution in [0.2, 0.25) is 0 Å². The molecule has 0 saturated carbocycles. The molecule has 0 spiro atoms. The smallest absolute Gasteiger partial charge is 0.331 e. The van der Waals surface area contributed by atoms with E-state index in [4.69, 9.17) is 5.11 Å². The van der Waals surface area contributed by atoms with Gasteiger partial charge < -0.3 is 5.11 Å². The third kappa shape index (κ3) is 2.03. The first-order valence-corrected chi connectivity index (χ1v) is 6.28. The molecule has 1 N–H and O–H groups in total. The summed E-state index contributed by atoms with van der Waals surface area (Å²) in [5, 5.41) is 9.07. The summed E-state index contributed by atoms with van der Waals surface area (Å²) in [5.74, 6) is -0.886. The Morgan fingerprint density at radius 2 is 1.95 bits per heavy atom. The van der Waals surface area contributed by atoms with Gasteiger partial charge in [0.25, 0.3) is 0 Å². The molecule has 0 atom stereocenters. The van der Waals surface area contributed by atoms with Gasteiger partial charge in [-0.2, -0.15) is 0 Å². The fourth-order valence-corrected chi connectivity index (χ4v) is 2.65. The quantitative estimate of drug-likeness (QED) is 0.829. The molecule has 0 fully saturated rings. The summed E-state index contributed by atoms with van der Waals surface area (Å²) in [4.78, 5) is 11.0. The lowest BCUT2D eigenvalue weighted by Crippen LogP contribution is -2.16. The molecule has 0 radical (unpaired) electrons. The first kappa shape index (κ1) is 13.3. The largest absolute Gasteiger partial charge is 0.478 e. The van der Waals surface area contributed by atoms with Gasteiger partial charge in [-0.15, -0.1) is 0 Å². The van der Waals surface area contributed by atoms with Crippen molar-refractivity contribution in [2.75, 3.05) is 0 Å². The van der Waals surface area contributed by atoms with Crippen LogP contribution in [0.15, 0.2) is 54.1 Å². The third-order valence-corrected chi connectivity index (χ3v) is 3.76. The Kier molecular flexibility index (Phi) is 3.19. The zero-order valence-corrected chi connectivity index (χ0v) is 11.5. The highest BCUT2D eigenvalue weighted by Crippen LogP contribution is 2.47. The highest BCUT2D eigenvalue weighted by Gasteiger charge is 2.35. The Labute approximate surface area is 113 Å². The van der Waals surface area contributed by atoms with E-state index in [9.17, 15) is 4.79 Å². The number of aliphatic carboxylic acids is 1. The first-order valence-electron chi connectivity index (χ1n) is 6.28. The molecule has 1 aliphatic rings. The topological polar surface area (TPSA) is 37.3 Å². The molecule has 2 heteroatoms. The van der Waals surface area contributed by atoms with Crippen LogP contribution in [-0.4, -0.2) is 11.1 Å². The summed E-state index contributed by atoms with van der Waals surface area (Å²) in [6, 6.07) is 8.16. The predicted molar refractivity (Wildman–Crippen MR) is 78.0 cm³/mol. The number of rotatable bonds is 3. The maximum Gasteiger partial charge on any atom is 0.331 e. The van der Waals surface area contributed by atoms with Gasteiger partial charge in [0.1, 0.15) is 0 Å². The summed E-state index contributed by atoms with van der Waals surface area (Å²) in [5.41, 5.74) is 4.55. The predicted octanol–water partition coefficient (Wildman–Crippen LogP) is 3.95. The minimum atomic E-state index is -0.886. The molecule has 2 nitrogen and oxygen atoms in total. The SMILES string of the molecule is C=CC1=C(/C=C(\C)C(=O)O)C(C)(C)c2ccccc21. The fraction of sp³-hybridized carbons (Fsp3) is 0.235. The Hall–Kier alpha value is -2.09. The van der Waals surface area contributed by atoms with Crippen LogP contribution >= 0.6 is 0 Å². The van der Waals surface area contributed by atoms with Gasteiger partial charge in [0.2, 0.25) is 0 Å². The molecular formula is C17H18O2. The number of benzene rings is 1. The third-order valence-electron chi connectivity index (χ3n) is 3.76. The van der Waals surface area contributed by atoms with E-state index in [1.165, 1.54) is 5.56 Å². The summed E-state index contributed by atoms with van der Waals surface area (Å²) in [7, 11) is 0.